The van der Waals surface area contributed by atoms with Crippen LogP contribution in [-0.4, -0.2) is 42.6 Å². The number of hydrogen-bond donors (Lipinski definition) is 1. The Labute approximate surface area is 144 Å². The average Bonchev–Trinajstić information content (AvgIpc) is 2.44. The normalized spacial score (nSPS) is 16.1. The molecule has 0 spiro atoms. The molecule has 0 saturated carbocycles. The summed E-state index contributed by atoms with van der Waals surface area (Å²) in [5.41, 5.74) is 0.574. The number of nitrogens with zero attached hydrogens (tertiary/aromatic N) is 1. The van der Waals surface area contributed by atoms with Gasteiger partial charge >= 0.3 is 11.9 Å². The monoisotopic (exact) mass is 352 g/mol. The van der Waals surface area contributed by atoms with Crippen LogP contribution in [0.3, 0.4) is 0 Å². The van der Waals surface area contributed by atoms with Crippen LogP contribution in [0.1, 0.15) is 24.2 Å². The molecule has 1 aromatic carbocycles. The highest BCUT2D eigenvalue weighted by Crippen LogP contribution is 2.24. The topological polar surface area (TPSA) is 84.9 Å². The fourth-order valence-corrected chi connectivity index (χ4v) is 2.21. The molecule has 0 aromatic heterocycles. The molecule has 0 atom stereocenters. The number of amides is 1. The Morgan fingerprint density at radius 1 is 1.21 bits per heavy atom. The molecule has 128 valence electrons. The SMILES string of the molecule is CN(C)C(=O)c1ccc(NC=C2C(=O)OC(C)(C)OC2=O)cc1Cl. The van der Waals surface area contributed by atoms with Gasteiger partial charge in [-0.05, 0) is 18.2 Å². The predicted molar refractivity (Wildman–Crippen MR) is 87.4 cm³/mol. The van der Waals surface area contributed by atoms with Crippen molar-refractivity contribution in [1.82, 2.24) is 4.90 Å². The standard InChI is InChI=1S/C16H17ClN2O5/c1-16(2)23-14(21)11(15(22)24-16)8-18-9-5-6-10(12(17)7-9)13(20)19(3)4/h5-8,18H,1-4H3. The van der Waals surface area contributed by atoms with E-state index in [0.29, 0.717) is 11.3 Å². The van der Waals surface area contributed by atoms with Gasteiger partial charge in [0, 0.05) is 39.8 Å². The van der Waals surface area contributed by atoms with Crippen LogP contribution in [0.2, 0.25) is 5.02 Å². The molecule has 1 heterocycles. The first kappa shape index (κ1) is 17.8. The van der Waals surface area contributed by atoms with E-state index in [4.69, 9.17) is 21.1 Å². The Morgan fingerprint density at radius 2 is 1.79 bits per heavy atom. The number of esters is 2. The Kier molecular flexibility index (Phi) is 4.84. The summed E-state index contributed by atoms with van der Waals surface area (Å²) in [6.07, 6.45) is 1.18. The number of carbonyl (C=O) groups excluding carboxylic acids is 3. The summed E-state index contributed by atoms with van der Waals surface area (Å²) < 4.78 is 9.96. The van der Waals surface area contributed by atoms with Crippen LogP contribution in [0, 0.1) is 0 Å². The van der Waals surface area contributed by atoms with E-state index >= 15 is 0 Å². The van der Waals surface area contributed by atoms with E-state index in [1.54, 1.807) is 26.2 Å². The molecule has 0 unspecified atom stereocenters. The fourth-order valence-electron chi connectivity index (χ4n) is 1.95. The number of hydrogen-bond acceptors (Lipinski definition) is 6. The highest BCUT2D eigenvalue weighted by atomic mass is 35.5. The highest BCUT2D eigenvalue weighted by Gasteiger charge is 2.38. The van der Waals surface area contributed by atoms with Gasteiger partial charge in [-0.1, -0.05) is 11.6 Å². The molecular formula is C16H17ClN2O5. The summed E-state index contributed by atoms with van der Waals surface area (Å²) >= 11 is 6.09. The molecule has 0 radical (unpaired) electrons. The van der Waals surface area contributed by atoms with E-state index in [1.165, 1.54) is 31.0 Å². The molecular weight excluding hydrogens is 336 g/mol. The first-order valence-corrected chi connectivity index (χ1v) is 7.43. The Hall–Kier alpha value is -2.54. The zero-order valence-corrected chi connectivity index (χ0v) is 14.4. The summed E-state index contributed by atoms with van der Waals surface area (Å²) in [6.45, 7) is 2.93. The maximum Gasteiger partial charge on any atom is 0.350 e. The number of ether oxygens (including phenoxy) is 2. The molecule has 24 heavy (non-hydrogen) atoms. The maximum atomic E-state index is 11.9. The van der Waals surface area contributed by atoms with E-state index in [9.17, 15) is 14.4 Å². The van der Waals surface area contributed by atoms with E-state index < -0.39 is 17.7 Å². The van der Waals surface area contributed by atoms with Crippen molar-refractivity contribution in [2.24, 2.45) is 0 Å². The lowest BCUT2D eigenvalue weighted by Crippen LogP contribution is -2.42. The summed E-state index contributed by atoms with van der Waals surface area (Å²) in [7, 11) is 3.24. The van der Waals surface area contributed by atoms with Gasteiger partial charge in [-0.3, -0.25) is 4.79 Å². The lowest BCUT2D eigenvalue weighted by Gasteiger charge is -2.29. The summed E-state index contributed by atoms with van der Waals surface area (Å²) in [5, 5.41) is 3.01. The van der Waals surface area contributed by atoms with Crippen molar-refractivity contribution in [2.45, 2.75) is 19.6 Å². The molecule has 1 saturated heterocycles. The Bertz CT molecular complexity index is 718. The van der Waals surface area contributed by atoms with Crippen molar-refractivity contribution in [1.29, 1.82) is 0 Å². The van der Waals surface area contributed by atoms with E-state index in [0.717, 1.165) is 0 Å². The second-order valence-corrected chi connectivity index (χ2v) is 6.18. The minimum Gasteiger partial charge on any atom is -0.419 e. The lowest BCUT2D eigenvalue weighted by molar-refractivity contribution is -0.222. The molecule has 8 heteroatoms. The lowest BCUT2D eigenvalue weighted by atomic mass is 10.2. The van der Waals surface area contributed by atoms with Gasteiger partial charge in [0.15, 0.2) is 5.57 Å². The van der Waals surface area contributed by atoms with Crippen LogP contribution in [0.5, 0.6) is 0 Å². The number of benzene rings is 1. The van der Waals surface area contributed by atoms with Gasteiger partial charge in [0.25, 0.3) is 11.7 Å². The minimum atomic E-state index is -1.29. The summed E-state index contributed by atoms with van der Waals surface area (Å²) in [6, 6.07) is 4.66. The second kappa shape index (κ2) is 6.52. The van der Waals surface area contributed by atoms with Crippen molar-refractivity contribution in [3.05, 3.63) is 40.6 Å². The van der Waals surface area contributed by atoms with E-state index in [2.05, 4.69) is 5.32 Å². The maximum absolute atomic E-state index is 11.9. The van der Waals surface area contributed by atoms with Crippen molar-refractivity contribution >= 4 is 35.1 Å². The number of nitrogens with one attached hydrogen (secondary N) is 1. The van der Waals surface area contributed by atoms with Crippen LogP contribution < -0.4 is 5.32 Å². The van der Waals surface area contributed by atoms with Crippen molar-refractivity contribution in [3.8, 4) is 0 Å². The van der Waals surface area contributed by atoms with E-state index in [1.807, 2.05) is 0 Å². The van der Waals surface area contributed by atoms with Crippen LogP contribution in [0.15, 0.2) is 30.0 Å². The van der Waals surface area contributed by atoms with Gasteiger partial charge in [-0.2, -0.15) is 0 Å². The summed E-state index contributed by atoms with van der Waals surface area (Å²) in [5.74, 6) is -3.08. The van der Waals surface area contributed by atoms with Crippen LogP contribution in [0.4, 0.5) is 5.69 Å². The molecule has 1 aliphatic heterocycles. The number of cyclic esters (lactones) is 2. The van der Waals surface area contributed by atoms with Crippen LogP contribution in [-0.2, 0) is 19.1 Å². The quantitative estimate of drug-likeness (QED) is 0.510. The average molecular weight is 353 g/mol. The zero-order chi connectivity index (χ0) is 18.1. The van der Waals surface area contributed by atoms with Crippen LogP contribution >= 0.6 is 11.6 Å². The molecule has 7 nitrogen and oxygen atoms in total. The molecule has 1 aromatic rings. The van der Waals surface area contributed by atoms with E-state index in [-0.39, 0.29) is 16.5 Å². The predicted octanol–water partition coefficient (Wildman–Crippen LogP) is 2.17. The molecule has 2 rings (SSSR count). The van der Waals surface area contributed by atoms with Crippen LogP contribution in [0.25, 0.3) is 0 Å². The molecule has 1 fully saturated rings. The highest BCUT2D eigenvalue weighted by molar-refractivity contribution is 6.34. The zero-order valence-electron chi connectivity index (χ0n) is 13.7. The number of rotatable bonds is 3. The van der Waals surface area contributed by atoms with Gasteiger partial charge in [-0.15, -0.1) is 0 Å². The third-order valence-electron chi connectivity index (χ3n) is 3.11. The minimum absolute atomic E-state index is 0.230. The second-order valence-electron chi connectivity index (χ2n) is 5.78. The van der Waals surface area contributed by atoms with Gasteiger partial charge < -0.3 is 19.7 Å². The Morgan fingerprint density at radius 3 is 2.29 bits per heavy atom. The fraction of sp³-hybridized carbons (Fsp3) is 0.312. The first-order chi connectivity index (χ1) is 11.1. The number of carbonyl (C=O) groups is 3. The Balaban J connectivity index is 2.18. The number of anilines is 1. The molecule has 1 amide bonds. The molecule has 0 bridgehead atoms. The molecule has 1 aliphatic rings. The molecule has 1 N–H and O–H groups in total. The smallest absolute Gasteiger partial charge is 0.350 e. The van der Waals surface area contributed by atoms with Gasteiger partial charge in [-0.25, -0.2) is 9.59 Å². The van der Waals surface area contributed by atoms with Gasteiger partial charge in [0.05, 0.1) is 10.6 Å². The van der Waals surface area contributed by atoms with Gasteiger partial charge in [0.1, 0.15) is 0 Å². The summed E-state index contributed by atoms with van der Waals surface area (Å²) in [4.78, 5) is 37.0. The van der Waals surface area contributed by atoms with Crippen molar-refractivity contribution in [3.63, 3.8) is 0 Å². The third-order valence-corrected chi connectivity index (χ3v) is 3.42. The molecule has 0 aliphatic carbocycles. The largest absolute Gasteiger partial charge is 0.419 e. The number of halogens is 1. The first-order valence-electron chi connectivity index (χ1n) is 7.05. The van der Waals surface area contributed by atoms with Crippen molar-refractivity contribution in [2.75, 3.05) is 19.4 Å². The van der Waals surface area contributed by atoms with Crippen molar-refractivity contribution < 1.29 is 23.9 Å². The van der Waals surface area contributed by atoms with Gasteiger partial charge in [0.2, 0.25) is 0 Å². The third kappa shape index (κ3) is 3.86.